The van der Waals surface area contributed by atoms with E-state index in [1.807, 2.05) is 24.3 Å². The Morgan fingerprint density at radius 1 is 0.442 bits per heavy atom. The van der Waals surface area contributed by atoms with Gasteiger partial charge in [0.15, 0.2) is 0 Å². The molecule has 5 heteroatoms. The predicted octanol–water partition coefficient (Wildman–Crippen LogP) is 9.24. The van der Waals surface area contributed by atoms with Gasteiger partial charge in [-0.05, 0) is 83.5 Å². The molecular weight excluding hydrogens is 526 g/mol. The number of nitrogen functional groups attached to an aromatic ring is 1. The van der Waals surface area contributed by atoms with Crippen LogP contribution in [0.5, 0.6) is 0 Å². The van der Waals surface area contributed by atoms with Crippen LogP contribution in [0.15, 0.2) is 115 Å². The molecule has 0 aliphatic carbocycles. The molecule has 0 amide bonds. The number of rotatable bonds is 3. The zero-order chi connectivity index (χ0) is 28.8. The molecular formula is C38H27N5. The first-order valence-electron chi connectivity index (χ1n) is 14.3. The standard InChI is InChI=1S/C38H27N5/c39-27-13-11-26(12-14-27)38-34-21-19-32(42-34)36(24-7-3-1-4-8-24)30-17-15-28(40-30)23-29-16-18-31(41-29)37(25-9-5-2-6-10-25)33-20-22-35(38)43-33/h1-23,40,43H,39H2. The van der Waals surface area contributed by atoms with Gasteiger partial charge in [0, 0.05) is 44.4 Å². The van der Waals surface area contributed by atoms with E-state index in [2.05, 4.69) is 125 Å². The first-order chi connectivity index (χ1) is 21.2. The monoisotopic (exact) mass is 553 g/mol. The van der Waals surface area contributed by atoms with E-state index in [4.69, 9.17) is 15.7 Å². The molecule has 0 saturated heterocycles. The van der Waals surface area contributed by atoms with Crippen molar-refractivity contribution in [3.63, 3.8) is 0 Å². The van der Waals surface area contributed by atoms with Gasteiger partial charge < -0.3 is 15.7 Å². The first-order valence-corrected chi connectivity index (χ1v) is 14.3. The summed E-state index contributed by atoms with van der Waals surface area (Å²) in [5, 5.41) is 0. The number of fused-ring (bicyclic) bond motifs is 8. The van der Waals surface area contributed by atoms with Gasteiger partial charge >= 0.3 is 0 Å². The van der Waals surface area contributed by atoms with Crippen LogP contribution in [-0.4, -0.2) is 19.9 Å². The van der Waals surface area contributed by atoms with Crippen LogP contribution in [0, 0.1) is 0 Å². The molecule has 204 valence electrons. The molecule has 43 heavy (non-hydrogen) atoms. The summed E-state index contributed by atoms with van der Waals surface area (Å²) in [6.45, 7) is 0. The number of nitrogens with one attached hydrogen (secondary N) is 2. The predicted molar refractivity (Wildman–Crippen MR) is 180 cm³/mol. The topological polar surface area (TPSA) is 83.4 Å². The summed E-state index contributed by atoms with van der Waals surface area (Å²) in [5.74, 6) is 0. The van der Waals surface area contributed by atoms with Crippen molar-refractivity contribution in [3.05, 3.63) is 138 Å². The fourth-order valence-corrected chi connectivity index (χ4v) is 5.91. The van der Waals surface area contributed by atoms with E-state index in [-0.39, 0.29) is 0 Å². The molecule has 0 fully saturated rings. The van der Waals surface area contributed by atoms with Crippen LogP contribution in [0.1, 0.15) is 22.8 Å². The van der Waals surface area contributed by atoms with Crippen molar-refractivity contribution in [2.45, 2.75) is 0 Å². The molecule has 8 bridgehead atoms. The number of H-pyrrole nitrogens is 2. The summed E-state index contributed by atoms with van der Waals surface area (Å²) < 4.78 is 0. The zero-order valence-corrected chi connectivity index (χ0v) is 23.3. The van der Waals surface area contributed by atoms with Gasteiger partial charge in [0.2, 0.25) is 0 Å². The summed E-state index contributed by atoms with van der Waals surface area (Å²) >= 11 is 0. The Hall–Kier alpha value is -5.94. The van der Waals surface area contributed by atoms with Crippen molar-refractivity contribution in [2.24, 2.45) is 0 Å². The minimum atomic E-state index is 0.720. The number of hydrogen-bond acceptors (Lipinski definition) is 3. The maximum absolute atomic E-state index is 6.09. The Kier molecular flexibility index (Phi) is 5.86. The van der Waals surface area contributed by atoms with Crippen LogP contribution >= 0.6 is 0 Å². The number of benzene rings is 3. The average molecular weight is 554 g/mol. The molecule has 3 aromatic heterocycles. The second-order valence-electron chi connectivity index (χ2n) is 10.7. The van der Waals surface area contributed by atoms with Crippen molar-refractivity contribution in [2.75, 3.05) is 5.73 Å². The van der Waals surface area contributed by atoms with Gasteiger partial charge in [-0.2, -0.15) is 0 Å². The van der Waals surface area contributed by atoms with Crippen LogP contribution in [-0.2, 0) is 0 Å². The van der Waals surface area contributed by atoms with Gasteiger partial charge in [0.25, 0.3) is 0 Å². The molecule has 2 aliphatic rings. The van der Waals surface area contributed by atoms with Crippen molar-refractivity contribution >= 4 is 52.1 Å². The summed E-state index contributed by atoms with van der Waals surface area (Å²) in [7, 11) is 0. The van der Waals surface area contributed by atoms with Crippen LogP contribution in [0.4, 0.5) is 5.69 Å². The second-order valence-corrected chi connectivity index (χ2v) is 10.7. The third-order valence-electron chi connectivity index (χ3n) is 7.90. The fraction of sp³-hybridized carbons (Fsp3) is 0. The summed E-state index contributed by atoms with van der Waals surface area (Å²) in [4.78, 5) is 17.7. The van der Waals surface area contributed by atoms with Crippen molar-refractivity contribution in [1.29, 1.82) is 0 Å². The van der Waals surface area contributed by atoms with E-state index in [1.165, 1.54) is 0 Å². The smallest absolute Gasteiger partial charge is 0.0737 e. The highest BCUT2D eigenvalue weighted by Crippen LogP contribution is 2.36. The van der Waals surface area contributed by atoms with Gasteiger partial charge in [-0.25, -0.2) is 9.97 Å². The molecule has 0 spiro atoms. The molecule has 6 aromatic rings. The van der Waals surface area contributed by atoms with Gasteiger partial charge in [-0.3, -0.25) is 0 Å². The van der Waals surface area contributed by atoms with E-state index in [9.17, 15) is 0 Å². The number of nitrogens with two attached hydrogens (primary N) is 1. The van der Waals surface area contributed by atoms with E-state index in [0.717, 1.165) is 83.9 Å². The van der Waals surface area contributed by atoms with Crippen LogP contribution in [0.25, 0.3) is 79.8 Å². The van der Waals surface area contributed by atoms with Gasteiger partial charge in [-0.15, -0.1) is 0 Å². The quantitative estimate of drug-likeness (QED) is 0.191. The Morgan fingerprint density at radius 3 is 1.53 bits per heavy atom. The normalized spacial score (nSPS) is 12.1. The molecule has 3 aromatic carbocycles. The number of aromatic nitrogens is 4. The molecule has 0 saturated carbocycles. The highest BCUT2D eigenvalue weighted by molar-refractivity contribution is 5.97. The third-order valence-corrected chi connectivity index (χ3v) is 7.90. The van der Waals surface area contributed by atoms with E-state index >= 15 is 0 Å². The van der Waals surface area contributed by atoms with Crippen molar-refractivity contribution < 1.29 is 0 Å². The molecule has 5 heterocycles. The lowest BCUT2D eigenvalue weighted by Crippen LogP contribution is -1.89. The number of hydrogen-bond donors (Lipinski definition) is 3. The van der Waals surface area contributed by atoms with Gasteiger partial charge in [0.05, 0.1) is 22.8 Å². The number of anilines is 1. The fourth-order valence-electron chi connectivity index (χ4n) is 5.91. The van der Waals surface area contributed by atoms with Crippen LogP contribution in [0.3, 0.4) is 0 Å². The van der Waals surface area contributed by atoms with Crippen molar-refractivity contribution in [1.82, 2.24) is 19.9 Å². The minimum Gasteiger partial charge on any atom is -0.399 e. The lowest BCUT2D eigenvalue weighted by molar-refractivity contribution is 1.31. The molecule has 0 radical (unpaired) electrons. The highest BCUT2D eigenvalue weighted by atomic mass is 14.8. The van der Waals surface area contributed by atoms with E-state index < -0.39 is 0 Å². The van der Waals surface area contributed by atoms with Gasteiger partial charge in [-0.1, -0.05) is 72.8 Å². The SMILES string of the molecule is Nc1ccc(-c2c3nc(c(-c4ccccc4)c4ccc(cc5nc(c(-c6ccccc6)c6ccc2[nH]6)C=C5)[nH]4)C=C3)cc1. The van der Waals surface area contributed by atoms with Crippen LogP contribution < -0.4 is 5.73 Å². The van der Waals surface area contributed by atoms with Crippen LogP contribution in [0.2, 0.25) is 0 Å². The Balaban J connectivity index is 1.54. The Morgan fingerprint density at radius 2 is 0.930 bits per heavy atom. The van der Waals surface area contributed by atoms with Gasteiger partial charge in [0.1, 0.15) is 0 Å². The number of aromatic amines is 2. The van der Waals surface area contributed by atoms with Crippen molar-refractivity contribution in [3.8, 4) is 33.4 Å². The van der Waals surface area contributed by atoms with E-state index in [1.54, 1.807) is 0 Å². The molecule has 5 nitrogen and oxygen atoms in total. The molecule has 4 N–H and O–H groups in total. The minimum absolute atomic E-state index is 0.720. The lowest BCUT2D eigenvalue weighted by atomic mass is 10.0. The summed E-state index contributed by atoms with van der Waals surface area (Å²) in [5.41, 5.74) is 20.6. The highest BCUT2D eigenvalue weighted by Gasteiger charge is 2.16. The summed E-state index contributed by atoms with van der Waals surface area (Å²) in [6.07, 6.45) is 8.37. The maximum Gasteiger partial charge on any atom is 0.0737 e. The summed E-state index contributed by atoms with van der Waals surface area (Å²) in [6, 6.07) is 39.3. The zero-order valence-electron chi connectivity index (χ0n) is 23.3. The molecule has 2 aliphatic heterocycles. The Labute approximate surface area is 248 Å². The third kappa shape index (κ3) is 4.53. The number of nitrogens with zero attached hydrogens (tertiary/aromatic N) is 2. The second kappa shape index (κ2) is 10.2. The largest absolute Gasteiger partial charge is 0.399 e. The Bertz CT molecular complexity index is 2180. The molecule has 0 atom stereocenters. The first kappa shape index (κ1) is 24.8. The van der Waals surface area contributed by atoms with E-state index in [0.29, 0.717) is 0 Å². The average Bonchev–Trinajstić information content (AvgIpc) is 3.86. The maximum atomic E-state index is 6.09. The molecule has 8 rings (SSSR count). The lowest BCUT2D eigenvalue weighted by Gasteiger charge is -2.06. The molecule has 0 unspecified atom stereocenters.